The third-order valence-electron chi connectivity index (χ3n) is 5.92. The maximum absolute atomic E-state index is 13.1. The summed E-state index contributed by atoms with van der Waals surface area (Å²) in [4.78, 5) is 19.6. The van der Waals surface area contributed by atoms with Gasteiger partial charge in [-0.05, 0) is 37.5 Å². The van der Waals surface area contributed by atoms with E-state index in [1.165, 1.54) is 6.20 Å². The van der Waals surface area contributed by atoms with Gasteiger partial charge in [-0.2, -0.15) is 5.10 Å². The van der Waals surface area contributed by atoms with Crippen molar-refractivity contribution in [2.45, 2.75) is 25.4 Å². The molecule has 2 aliphatic heterocycles. The Bertz CT molecular complexity index is 1120. The number of hydrogen-bond acceptors (Lipinski definition) is 7. The summed E-state index contributed by atoms with van der Waals surface area (Å²) in [6, 6.07) is 5.72. The van der Waals surface area contributed by atoms with Crippen molar-refractivity contribution in [2.24, 2.45) is 0 Å². The molecule has 2 N–H and O–H groups in total. The predicted molar refractivity (Wildman–Crippen MR) is 115 cm³/mol. The predicted octanol–water partition coefficient (Wildman–Crippen LogP) is 1.89. The van der Waals surface area contributed by atoms with E-state index in [4.69, 9.17) is 9.47 Å². The maximum atomic E-state index is 13.1. The molecule has 9 nitrogen and oxygen atoms in total. The number of nitrogens with zero attached hydrogens (tertiary/aromatic N) is 4. The normalized spacial score (nSPS) is 20.9. The highest BCUT2D eigenvalue weighted by molar-refractivity contribution is 6.09. The minimum Gasteiger partial charge on any atom is -0.485 e. The monoisotopic (exact) mass is 423 g/mol. The Hall–Kier alpha value is -3.17. The van der Waals surface area contributed by atoms with Crippen LogP contribution in [0.4, 0.5) is 11.4 Å². The van der Waals surface area contributed by atoms with Crippen molar-refractivity contribution in [3.05, 3.63) is 47.9 Å². The van der Waals surface area contributed by atoms with E-state index in [2.05, 4.69) is 20.3 Å². The second kappa shape index (κ2) is 7.82. The summed E-state index contributed by atoms with van der Waals surface area (Å²) in [6.45, 7) is 4.56. The van der Waals surface area contributed by atoms with Crippen LogP contribution >= 0.6 is 0 Å². The van der Waals surface area contributed by atoms with Crippen LogP contribution < -0.4 is 15.0 Å². The van der Waals surface area contributed by atoms with Crippen molar-refractivity contribution in [1.82, 2.24) is 14.6 Å². The van der Waals surface area contributed by atoms with Gasteiger partial charge in [0.25, 0.3) is 5.91 Å². The van der Waals surface area contributed by atoms with Crippen LogP contribution in [0.1, 0.15) is 29.3 Å². The molecule has 1 atom stereocenters. The number of ether oxygens (including phenoxy) is 2. The molecule has 3 aromatic rings. The van der Waals surface area contributed by atoms with Gasteiger partial charge in [0.2, 0.25) is 0 Å². The van der Waals surface area contributed by atoms with Gasteiger partial charge in [0, 0.05) is 31.5 Å². The summed E-state index contributed by atoms with van der Waals surface area (Å²) in [5.74, 6) is 0.486. The van der Waals surface area contributed by atoms with Gasteiger partial charge in [-0.1, -0.05) is 0 Å². The fourth-order valence-corrected chi connectivity index (χ4v) is 4.07. The average Bonchev–Trinajstić information content (AvgIpc) is 3.24. The third kappa shape index (κ3) is 3.70. The van der Waals surface area contributed by atoms with Gasteiger partial charge in [0.1, 0.15) is 16.9 Å². The highest BCUT2D eigenvalue weighted by atomic mass is 16.5. The smallest absolute Gasteiger partial charge is 0.261 e. The first kappa shape index (κ1) is 19.8. The van der Waals surface area contributed by atoms with E-state index in [0.717, 1.165) is 42.2 Å². The first-order valence-electron chi connectivity index (χ1n) is 10.5. The molecule has 1 fully saturated rings. The van der Waals surface area contributed by atoms with Crippen molar-refractivity contribution >= 4 is 22.9 Å². The van der Waals surface area contributed by atoms with E-state index >= 15 is 0 Å². The molecule has 0 radical (unpaired) electrons. The number of aliphatic hydroxyl groups is 1. The summed E-state index contributed by atoms with van der Waals surface area (Å²) in [6.07, 6.45) is 6.39. The van der Waals surface area contributed by atoms with Crippen LogP contribution in [0.25, 0.3) is 5.65 Å². The van der Waals surface area contributed by atoms with E-state index in [-0.39, 0.29) is 12.5 Å². The number of aliphatic hydroxyl groups excluding tert-OH is 1. The summed E-state index contributed by atoms with van der Waals surface area (Å²) < 4.78 is 13.2. The van der Waals surface area contributed by atoms with E-state index in [1.807, 2.05) is 19.1 Å². The van der Waals surface area contributed by atoms with Crippen LogP contribution in [-0.4, -0.2) is 64.1 Å². The van der Waals surface area contributed by atoms with Gasteiger partial charge in [-0.25, -0.2) is 9.50 Å². The number of rotatable bonds is 4. The number of benzene rings is 1. The number of carbonyl (C=O) groups excluding carboxylic acids is 1. The summed E-state index contributed by atoms with van der Waals surface area (Å²) in [5, 5.41) is 17.0. The number of anilines is 2. The minimum absolute atomic E-state index is 0.0421. The molecule has 4 heterocycles. The quantitative estimate of drug-likeness (QED) is 0.661. The van der Waals surface area contributed by atoms with Crippen LogP contribution in [0.3, 0.4) is 0 Å². The molecule has 1 aromatic carbocycles. The minimum atomic E-state index is -0.594. The van der Waals surface area contributed by atoms with Crippen LogP contribution in [-0.2, 0) is 11.2 Å². The Balaban J connectivity index is 1.51. The lowest BCUT2D eigenvalue weighted by atomic mass is 9.92. The van der Waals surface area contributed by atoms with Gasteiger partial charge in [0.15, 0.2) is 5.65 Å². The zero-order valence-corrected chi connectivity index (χ0v) is 17.4. The molecule has 2 aromatic heterocycles. The van der Waals surface area contributed by atoms with Crippen molar-refractivity contribution in [3.63, 3.8) is 0 Å². The zero-order valence-electron chi connectivity index (χ0n) is 17.4. The highest BCUT2D eigenvalue weighted by Crippen LogP contribution is 2.40. The number of amides is 1. The molecule has 1 saturated heterocycles. The van der Waals surface area contributed by atoms with Gasteiger partial charge in [-0.3, -0.25) is 4.79 Å². The third-order valence-corrected chi connectivity index (χ3v) is 5.92. The highest BCUT2D eigenvalue weighted by Gasteiger charge is 2.32. The number of hydrogen-bond donors (Lipinski definition) is 2. The molecule has 2 aliphatic rings. The Labute approximate surface area is 179 Å². The zero-order chi connectivity index (χ0) is 21.4. The molecular formula is C22H25N5O4. The molecule has 9 heteroatoms. The Morgan fingerprint density at radius 1 is 1.32 bits per heavy atom. The lowest BCUT2D eigenvalue weighted by molar-refractivity contribution is 0.00812. The molecule has 0 spiro atoms. The molecular weight excluding hydrogens is 398 g/mol. The Morgan fingerprint density at radius 2 is 2.16 bits per heavy atom. The van der Waals surface area contributed by atoms with Gasteiger partial charge in [0.05, 0.1) is 37.4 Å². The first-order chi connectivity index (χ1) is 15.1. The van der Waals surface area contributed by atoms with Crippen molar-refractivity contribution in [1.29, 1.82) is 0 Å². The van der Waals surface area contributed by atoms with Crippen molar-refractivity contribution < 1.29 is 19.4 Å². The number of carbonyl (C=O) groups is 1. The fraction of sp³-hybridized carbons (Fsp3) is 0.409. The topological polar surface area (TPSA) is 101 Å². The van der Waals surface area contributed by atoms with E-state index in [1.54, 1.807) is 23.0 Å². The van der Waals surface area contributed by atoms with Crippen LogP contribution in [0.5, 0.6) is 5.75 Å². The summed E-state index contributed by atoms with van der Waals surface area (Å²) in [5.41, 5.74) is 2.93. The molecule has 31 heavy (non-hydrogen) atoms. The molecule has 1 unspecified atom stereocenters. The number of fused-ring (bicyclic) bond motifs is 2. The lowest BCUT2D eigenvalue weighted by Crippen LogP contribution is -2.40. The number of aromatic nitrogens is 3. The molecule has 1 amide bonds. The lowest BCUT2D eigenvalue weighted by Gasteiger charge is -2.36. The maximum Gasteiger partial charge on any atom is 0.261 e. The fourth-order valence-electron chi connectivity index (χ4n) is 4.07. The standard InChI is InChI=1S/C22H25N5O4/c1-22(14-28)4-3-15-11-17(18(12-19(15)31-22)26-7-9-30-10-8-26)25-21(29)16-13-24-27-6-2-5-23-20(16)27/h2,5-6,11-13,28H,3-4,7-10,14H2,1H3,(H,25,29). The second-order valence-electron chi connectivity index (χ2n) is 8.19. The van der Waals surface area contributed by atoms with Crippen LogP contribution in [0.2, 0.25) is 0 Å². The Kier molecular flexibility index (Phi) is 4.99. The average molecular weight is 423 g/mol. The van der Waals surface area contributed by atoms with Gasteiger partial charge >= 0.3 is 0 Å². The molecule has 0 aliphatic carbocycles. The number of nitrogens with one attached hydrogen (secondary N) is 1. The van der Waals surface area contributed by atoms with Crippen molar-refractivity contribution in [3.8, 4) is 5.75 Å². The van der Waals surface area contributed by atoms with Crippen LogP contribution in [0.15, 0.2) is 36.8 Å². The number of morpholine rings is 1. The number of aryl methyl sites for hydroxylation is 1. The second-order valence-corrected chi connectivity index (χ2v) is 8.19. The van der Waals surface area contributed by atoms with Crippen LogP contribution in [0, 0.1) is 0 Å². The largest absolute Gasteiger partial charge is 0.485 e. The Morgan fingerprint density at radius 3 is 2.97 bits per heavy atom. The molecule has 0 bridgehead atoms. The molecule has 0 saturated carbocycles. The SMILES string of the molecule is CC1(CO)CCc2cc(NC(=O)c3cnn4cccnc34)c(N3CCOCC3)cc2O1. The first-order valence-corrected chi connectivity index (χ1v) is 10.5. The summed E-state index contributed by atoms with van der Waals surface area (Å²) in [7, 11) is 0. The van der Waals surface area contributed by atoms with E-state index in [0.29, 0.717) is 30.8 Å². The van der Waals surface area contributed by atoms with Gasteiger partial charge < -0.3 is 24.8 Å². The van der Waals surface area contributed by atoms with E-state index < -0.39 is 5.60 Å². The van der Waals surface area contributed by atoms with Crippen molar-refractivity contribution in [2.75, 3.05) is 43.1 Å². The molecule has 5 rings (SSSR count). The van der Waals surface area contributed by atoms with E-state index in [9.17, 15) is 9.90 Å². The van der Waals surface area contributed by atoms with Gasteiger partial charge in [-0.15, -0.1) is 0 Å². The molecule has 162 valence electrons. The summed E-state index contributed by atoms with van der Waals surface area (Å²) >= 11 is 0.